The number of nitrogens with zero attached hydrogens (tertiary/aromatic N) is 1. The van der Waals surface area contributed by atoms with Gasteiger partial charge in [0.25, 0.3) is 5.91 Å². The van der Waals surface area contributed by atoms with Crippen LogP contribution in [0.2, 0.25) is 0 Å². The van der Waals surface area contributed by atoms with E-state index in [-0.39, 0.29) is 11.6 Å². The number of nitro groups is 1. The molecule has 104 valence electrons. The van der Waals surface area contributed by atoms with Gasteiger partial charge in [-0.05, 0) is 19.1 Å². The first kappa shape index (κ1) is 15.1. The summed E-state index contributed by atoms with van der Waals surface area (Å²) in [5.74, 6) is -0.738. The number of amides is 1. The van der Waals surface area contributed by atoms with Gasteiger partial charge in [0.05, 0.1) is 4.92 Å². The van der Waals surface area contributed by atoms with E-state index in [2.05, 4.69) is 5.32 Å². The minimum Gasteiger partial charge on any atom is -0.502 e. The lowest BCUT2D eigenvalue weighted by molar-refractivity contribution is -0.385. The summed E-state index contributed by atoms with van der Waals surface area (Å²) < 4.78 is 11.0. The fourth-order valence-corrected chi connectivity index (χ4v) is 2.31. The zero-order valence-electron chi connectivity index (χ0n) is 10.5. The summed E-state index contributed by atoms with van der Waals surface area (Å²) in [5, 5.41) is 22.5. The lowest BCUT2D eigenvalue weighted by Crippen LogP contribution is -2.36. The molecular formula is C11H14N2O5S. The summed E-state index contributed by atoms with van der Waals surface area (Å²) >= 11 is 0. The first-order valence-corrected chi connectivity index (χ1v) is 7.12. The summed E-state index contributed by atoms with van der Waals surface area (Å²) in [6.45, 7) is 1.70. The standard InChI is InChI=1S/C11H14N2O5S/c1-7(6-19(2)18)12-11(15)8-3-4-9(13(16)17)10(14)5-8/h3-5,7,14H,6H2,1-2H3,(H,12,15). The third-order valence-corrected chi connectivity index (χ3v) is 3.27. The molecule has 1 aromatic carbocycles. The summed E-state index contributed by atoms with van der Waals surface area (Å²) in [5.41, 5.74) is -0.351. The van der Waals surface area contributed by atoms with E-state index in [1.807, 2.05) is 0 Å². The predicted molar refractivity (Wildman–Crippen MR) is 70.6 cm³/mol. The fourth-order valence-electron chi connectivity index (χ4n) is 1.52. The van der Waals surface area contributed by atoms with Crippen LogP contribution >= 0.6 is 0 Å². The van der Waals surface area contributed by atoms with Crippen LogP contribution in [-0.4, -0.2) is 38.2 Å². The maximum atomic E-state index is 11.8. The Bertz CT molecular complexity index is 532. The Hall–Kier alpha value is -1.96. The number of phenols is 1. The van der Waals surface area contributed by atoms with Crippen molar-refractivity contribution in [2.24, 2.45) is 0 Å². The molecule has 1 aromatic rings. The molecule has 7 nitrogen and oxygen atoms in total. The first-order valence-electron chi connectivity index (χ1n) is 5.39. The van der Waals surface area contributed by atoms with Crippen molar-refractivity contribution in [3.63, 3.8) is 0 Å². The monoisotopic (exact) mass is 286 g/mol. The van der Waals surface area contributed by atoms with Crippen LogP contribution in [0, 0.1) is 10.1 Å². The van der Waals surface area contributed by atoms with Gasteiger partial charge in [-0.2, -0.15) is 0 Å². The topological polar surface area (TPSA) is 110 Å². The van der Waals surface area contributed by atoms with E-state index in [1.54, 1.807) is 6.92 Å². The third kappa shape index (κ3) is 4.32. The van der Waals surface area contributed by atoms with Crippen molar-refractivity contribution in [1.82, 2.24) is 5.32 Å². The van der Waals surface area contributed by atoms with E-state index in [4.69, 9.17) is 0 Å². The minimum atomic E-state index is -1.04. The zero-order chi connectivity index (χ0) is 14.6. The molecular weight excluding hydrogens is 272 g/mol. The number of phenolic OH excluding ortho intramolecular Hbond substituents is 1. The van der Waals surface area contributed by atoms with E-state index in [9.17, 15) is 24.2 Å². The second kappa shape index (κ2) is 6.28. The Labute approximate surface area is 112 Å². The van der Waals surface area contributed by atoms with E-state index in [1.165, 1.54) is 12.3 Å². The minimum absolute atomic E-state index is 0.108. The molecule has 0 spiro atoms. The van der Waals surface area contributed by atoms with Gasteiger partial charge in [0, 0.05) is 40.5 Å². The van der Waals surface area contributed by atoms with Crippen LogP contribution in [0.15, 0.2) is 18.2 Å². The Balaban J connectivity index is 2.81. The molecule has 0 fully saturated rings. The van der Waals surface area contributed by atoms with Gasteiger partial charge in [0.15, 0.2) is 5.75 Å². The van der Waals surface area contributed by atoms with Crippen molar-refractivity contribution in [3.05, 3.63) is 33.9 Å². The molecule has 0 saturated heterocycles. The molecule has 2 atom stereocenters. The van der Waals surface area contributed by atoms with E-state index < -0.39 is 33.1 Å². The van der Waals surface area contributed by atoms with Crippen molar-refractivity contribution < 1.29 is 19.0 Å². The lowest BCUT2D eigenvalue weighted by atomic mass is 10.1. The molecule has 0 aromatic heterocycles. The molecule has 1 rings (SSSR count). The highest BCUT2D eigenvalue weighted by molar-refractivity contribution is 7.84. The maximum Gasteiger partial charge on any atom is 0.310 e. The van der Waals surface area contributed by atoms with Crippen molar-refractivity contribution in [2.75, 3.05) is 12.0 Å². The highest BCUT2D eigenvalue weighted by atomic mass is 32.2. The molecule has 0 radical (unpaired) electrons. The van der Waals surface area contributed by atoms with Crippen LogP contribution in [0.5, 0.6) is 5.75 Å². The number of hydrogen-bond donors (Lipinski definition) is 2. The number of rotatable bonds is 5. The Kier molecular flexibility index (Phi) is 4.99. The Morgan fingerprint density at radius 2 is 2.21 bits per heavy atom. The number of nitrogens with one attached hydrogen (secondary N) is 1. The zero-order valence-corrected chi connectivity index (χ0v) is 11.3. The predicted octanol–water partition coefficient (Wildman–Crippen LogP) is 0.797. The van der Waals surface area contributed by atoms with Gasteiger partial charge in [-0.15, -0.1) is 0 Å². The number of carbonyl (C=O) groups is 1. The molecule has 0 aliphatic heterocycles. The highest BCUT2D eigenvalue weighted by Gasteiger charge is 2.17. The van der Waals surface area contributed by atoms with Gasteiger partial charge in [0.1, 0.15) is 0 Å². The number of hydrogen-bond acceptors (Lipinski definition) is 5. The molecule has 0 heterocycles. The van der Waals surface area contributed by atoms with Crippen LogP contribution in [0.25, 0.3) is 0 Å². The van der Waals surface area contributed by atoms with Gasteiger partial charge < -0.3 is 10.4 Å². The molecule has 1 amide bonds. The van der Waals surface area contributed by atoms with Gasteiger partial charge >= 0.3 is 5.69 Å². The van der Waals surface area contributed by atoms with Crippen LogP contribution in [0.3, 0.4) is 0 Å². The average Bonchev–Trinajstić information content (AvgIpc) is 2.26. The van der Waals surface area contributed by atoms with Crippen LogP contribution in [0.4, 0.5) is 5.69 Å². The average molecular weight is 286 g/mol. The molecule has 2 N–H and O–H groups in total. The summed E-state index contributed by atoms with van der Waals surface area (Å²) in [6, 6.07) is 3.05. The Morgan fingerprint density at radius 3 is 2.68 bits per heavy atom. The van der Waals surface area contributed by atoms with Gasteiger partial charge in [-0.25, -0.2) is 0 Å². The third-order valence-electron chi connectivity index (χ3n) is 2.30. The van der Waals surface area contributed by atoms with Crippen LogP contribution in [0.1, 0.15) is 17.3 Å². The van der Waals surface area contributed by atoms with Crippen LogP contribution in [-0.2, 0) is 10.8 Å². The van der Waals surface area contributed by atoms with Crippen molar-refractivity contribution in [2.45, 2.75) is 13.0 Å². The largest absolute Gasteiger partial charge is 0.502 e. The molecule has 8 heteroatoms. The summed E-state index contributed by atoms with van der Waals surface area (Å²) in [4.78, 5) is 21.6. The highest BCUT2D eigenvalue weighted by Crippen LogP contribution is 2.26. The van der Waals surface area contributed by atoms with E-state index in [0.29, 0.717) is 5.75 Å². The van der Waals surface area contributed by atoms with Gasteiger partial charge in [-0.3, -0.25) is 19.1 Å². The van der Waals surface area contributed by atoms with Crippen molar-refractivity contribution in [1.29, 1.82) is 0 Å². The second-order valence-electron chi connectivity index (χ2n) is 4.07. The number of benzene rings is 1. The molecule has 19 heavy (non-hydrogen) atoms. The SMILES string of the molecule is CC(CS(C)=O)NC(=O)c1ccc([N+](=O)[O-])c(O)c1. The van der Waals surface area contributed by atoms with Crippen molar-refractivity contribution >= 4 is 22.4 Å². The van der Waals surface area contributed by atoms with Crippen LogP contribution < -0.4 is 5.32 Å². The van der Waals surface area contributed by atoms with Gasteiger partial charge in [-0.1, -0.05) is 0 Å². The normalized spacial score (nSPS) is 13.6. The summed E-state index contributed by atoms with van der Waals surface area (Å²) in [6.07, 6.45) is 1.53. The fraction of sp³-hybridized carbons (Fsp3) is 0.364. The number of aromatic hydroxyl groups is 1. The lowest BCUT2D eigenvalue weighted by Gasteiger charge is -2.12. The number of carbonyl (C=O) groups excluding carboxylic acids is 1. The molecule has 0 aliphatic rings. The maximum absolute atomic E-state index is 11.8. The molecule has 0 bridgehead atoms. The molecule has 2 unspecified atom stereocenters. The molecule has 0 aliphatic carbocycles. The van der Waals surface area contributed by atoms with Crippen molar-refractivity contribution in [3.8, 4) is 5.75 Å². The first-order chi connectivity index (χ1) is 8.81. The summed E-state index contributed by atoms with van der Waals surface area (Å²) in [7, 11) is -1.04. The van der Waals surface area contributed by atoms with Gasteiger partial charge in [0.2, 0.25) is 0 Å². The smallest absolute Gasteiger partial charge is 0.310 e. The van der Waals surface area contributed by atoms with E-state index >= 15 is 0 Å². The quantitative estimate of drug-likeness (QED) is 0.614. The second-order valence-corrected chi connectivity index (χ2v) is 5.55. The Morgan fingerprint density at radius 1 is 1.58 bits per heavy atom. The number of nitro benzene ring substituents is 1. The molecule has 0 saturated carbocycles. The van der Waals surface area contributed by atoms with E-state index in [0.717, 1.165) is 12.1 Å².